The molecule has 1 aliphatic heterocycles. The number of methoxy groups -OCH3 is 1. The van der Waals surface area contributed by atoms with E-state index < -0.39 is 0 Å². The summed E-state index contributed by atoms with van der Waals surface area (Å²) in [5.74, 6) is 0.833. The van der Waals surface area contributed by atoms with Crippen LogP contribution in [0, 0.1) is 0 Å². The van der Waals surface area contributed by atoms with Crippen LogP contribution < -0.4 is 15.4 Å². The van der Waals surface area contributed by atoms with Gasteiger partial charge in [-0.25, -0.2) is 4.79 Å². The molecule has 0 radical (unpaired) electrons. The maximum Gasteiger partial charge on any atom is 0.409 e. The van der Waals surface area contributed by atoms with Gasteiger partial charge in [0, 0.05) is 19.1 Å². The first-order chi connectivity index (χ1) is 12.6. The molecule has 0 bridgehead atoms. The van der Waals surface area contributed by atoms with Gasteiger partial charge < -0.3 is 25.0 Å². The first kappa shape index (κ1) is 20.0. The van der Waals surface area contributed by atoms with Crippen LogP contribution in [0.1, 0.15) is 25.3 Å². The fourth-order valence-electron chi connectivity index (χ4n) is 2.96. The Hall–Kier alpha value is -2.28. The van der Waals surface area contributed by atoms with E-state index in [1.54, 1.807) is 18.9 Å². The zero-order chi connectivity index (χ0) is 18.8. The maximum atomic E-state index is 12.0. The van der Waals surface area contributed by atoms with E-state index in [0.29, 0.717) is 26.2 Å². The lowest BCUT2D eigenvalue weighted by Crippen LogP contribution is -2.48. The molecule has 2 rings (SSSR count). The van der Waals surface area contributed by atoms with Crippen molar-refractivity contribution in [1.29, 1.82) is 0 Å². The first-order valence-corrected chi connectivity index (χ1v) is 9.17. The molecule has 1 aromatic rings. The number of likely N-dealkylation sites (tertiary alicyclic amines) is 1. The van der Waals surface area contributed by atoms with Crippen LogP contribution in [0.5, 0.6) is 5.75 Å². The highest BCUT2D eigenvalue weighted by atomic mass is 16.6. The highest BCUT2D eigenvalue weighted by Gasteiger charge is 2.24. The van der Waals surface area contributed by atoms with Gasteiger partial charge in [-0.3, -0.25) is 4.79 Å². The van der Waals surface area contributed by atoms with Crippen molar-refractivity contribution >= 4 is 12.0 Å². The van der Waals surface area contributed by atoms with Gasteiger partial charge >= 0.3 is 6.09 Å². The van der Waals surface area contributed by atoms with Gasteiger partial charge in [-0.1, -0.05) is 12.1 Å². The van der Waals surface area contributed by atoms with E-state index in [1.165, 1.54) is 5.56 Å². The molecule has 1 saturated heterocycles. The van der Waals surface area contributed by atoms with Crippen LogP contribution in [-0.4, -0.2) is 62.8 Å². The normalized spacial score (nSPS) is 14.8. The summed E-state index contributed by atoms with van der Waals surface area (Å²) in [5, 5.41) is 6.19. The summed E-state index contributed by atoms with van der Waals surface area (Å²) in [7, 11) is 1.65. The van der Waals surface area contributed by atoms with Crippen molar-refractivity contribution in [1.82, 2.24) is 15.5 Å². The zero-order valence-corrected chi connectivity index (χ0v) is 15.6. The molecule has 1 heterocycles. The molecule has 2 amide bonds. The van der Waals surface area contributed by atoms with Crippen molar-refractivity contribution in [3.05, 3.63) is 29.8 Å². The second-order valence-electron chi connectivity index (χ2n) is 6.31. The van der Waals surface area contributed by atoms with E-state index in [4.69, 9.17) is 9.47 Å². The molecule has 1 aromatic carbocycles. The van der Waals surface area contributed by atoms with Gasteiger partial charge in [-0.15, -0.1) is 0 Å². The van der Waals surface area contributed by atoms with Crippen molar-refractivity contribution in [2.24, 2.45) is 0 Å². The van der Waals surface area contributed by atoms with Crippen molar-refractivity contribution in [2.45, 2.75) is 32.2 Å². The molecular weight excluding hydrogens is 334 g/mol. The molecule has 1 fully saturated rings. The average Bonchev–Trinajstić information content (AvgIpc) is 2.66. The summed E-state index contributed by atoms with van der Waals surface area (Å²) in [6, 6.07) is 8.04. The Kier molecular flexibility index (Phi) is 8.21. The monoisotopic (exact) mass is 363 g/mol. The number of hydrogen-bond acceptors (Lipinski definition) is 5. The van der Waals surface area contributed by atoms with Gasteiger partial charge in [0.2, 0.25) is 5.91 Å². The minimum absolute atomic E-state index is 0.00905. The molecule has 26 heavy (non-hydrogen) atoms. The number of hydrogen-bond donors (Lipinski definition) is 2. The lowest BCUT2D eigenvalue weighted by Gasteiger charge is -2.31. The summed E-state index contributed by atoms with van der Waals surface area (Å²) >= 11 is 0. The van der Waals surface area contributed by atoms with Crippen molar-refractivity contribution in [2.75, 3.05) is 39.9 Å². The summed E-state index contributed by atoms with van der Waals surface area (Å²) in [4.78, 5) is 25.4. The Balaban J connectivity index is 1.60. The van der Waals surface area contributed by atoms with E-state index in [1.807, 2.05) is 24.3 Å². The number of rotatable bonds is 8. The number of amides is 2. The van der Waals surface area contributed by atoms with E-state index >= 15 is 0 Å². The molecule has 7 nitrogen and oxygen atoms in total. The summed E-state index contributed by atoms with van der Waals surface area (Å²) in [6.45, 7) is 4.44. The molecule has 0 unspecified atom stereocenters. The Morgan fingerprint density at radius 1 is 1.27 bits per heavy atom. The quantitative estimate of drug-likeness (QED) is 0.685. The topological polar surface area (TPSA) is 79.9 Å². The number of piperidine rings is 1. The molecule has 2 N–H and O–H groups in total. The first-order valence-electron chi connectivity index (χ1n) is 9.17. The number of nitrogens with zero attached hydrogens (tertiary/aromatic N) is 1. The van der Waals surface area contributed by atoms with E-state index in [0.717, 1.165) is 31.6 Å². The summed E-state index contributed by atoms with van der Waals surface area (Å²) in [6.07, 6.45) is 2.09. The van der Waals surface area contributed by atoms with Crippen LogP contribution in [-0.2, 0) is 16.0 Å². The highest BCUT2D eigenvalue weighted by Crippen LogP contribution is 2.13. The van der Waals surface area contributed by atoms with Crippen LogP contribution in [0.25, 0.3) is 0 Å². The Bertz CT molecular complexity index is 586. The van der Waals surface area contributed by atoms with E-state index in [9.17, 15) is 9.59 Å². The van der Waals surface area contributed by atoms with E-state index in [-0.39, 0.29) is 18.0 Å². The minimum atomic E-state index is -0.267. The Labute approximate surface area is 155 Å². The van der Waals surface area contributed by atoms with Gasteiger partial charge in [0.15, 0.2) is 0 Å². The molecule has 0 aromatic heterocycles. The van der Waals surface area contributed by atoms with Crippen LogP contribution in [0.2, 0.25) is 0 Å². The third kappa shape index (κ3) is 6.55. The number of carbonyl (C=O) groups is 2. The second-order valence-corrected chi connectivity index (χ2v) is 6.31. The maximum absolute atomic E-state index is 12.0. The smallest absolute Gasteiger partial charge is 0.409 e. The highest BCUT2D eigenvalue weighted by molar-refractivity contribution is 5.78. The minimum Gasteiger partial charge on any atom is -0.497 e. The number of benzene rings is 1. The number of nitrogens with one attached hydrogen (secondary N) is 2. The van der Waals surface area contributed by atoms with Crippen molar-refractivity contribution < 1.29 is 19.1 Å². The van der Waals surface area contributed by atoms with Gasteiger partial charge in [-0.2, -0.15) is 0 Å². The van der Waals surface area contributed by atoms with Crippen LogP contribution in [0.4, 0.5) is 4.79 Å². The van der Waals surface area contributed by atoms with Gasteiger partial charge in [0.05, 0.1) is 20.3 Å². The van der Waals surface area contributed by atoms with Gasteiger partial charge in [-0.05, 0) is 50.4 Å². The summed E-state index contributed by atoms with van der Waals surface area (Å²) < 4.78 is 10.2. The lowest BCUT2D eigenvalue weighted by molar-refractivity contribution is -0.121. The van der Waals surface area contributed by atoms with Gasteiger partial charge in [0.25, 0.3) is 0 Å². The lowest BCUT2D eigenvalue weighted by atomic mass is 10.1. The third-order valence-electron chi connectivity index (χ3n) is 4.40. The van der Waals surface area contributed by atoms with Gasteiger partial charge in [0.1, 0.15) is 5.75 Å². The fourth-order valence-corrected chi connectivity index (χ4v) is 2.96. The molecule has 0 spiro atoms. The zero-order valence-electron chi connectivity index (χ0n) is 15.6. The molecular formula is C19H29N3O4. The number of ether oxygens (including phenoxy) is 2. The third-order valence-corrected chi connectivity index (χ3v) is 4.40. The van der Waals surface area contributed by atoms with Crippen LogP contribution in [0.15, 0.2) is 24.3 Å². The SMILES string of the molecule is CCOC(=O)N1CCC(NC(=O)CNCCc2cccc(OC)c2)CC1. The summed E-state index contributed by atoms with van der Waals surface area (Å²) in [5.41, 5.74) is 1.17. The molecule has 144 valence electrons. The fraction of sp³-hybridized carbons (Fsp3) is 0.579. The van der Waals surface area contributed by atoms with Crippen molar-refractivity contribution in [3.8, 4) is 5.75 Å². The van der Waals surface area contributed by atoms with Crippen LogP contribution in [0.3, 0.4) is 0 Å². The number of carbonyl (C=O) groups excluding carboxylic acids is 2. The second kappa shape index (κ2) is 10.7. The van der Waals surface area contributed by atoms with Crippen LogP contribution >= 0.6 is 0 Å². The molecule has 1 aliphatic rings. The predicted octanol–water partition coefficient (Wildman–Crippen LogP) is 1.56. The Morgan fingerprint density at radius 2 is 2.04 bits per heavy atom. The molecule has 0 atom stereocenters. The molecule has 0 aliphatic carbocycles. The molecule has 7 heteroatoms. The van der Waals surface area contributed by atoms with E-state index in [2.05, 4.69) is 10.6 Å². The standard InChI is InChI=1S/C19H29N3O4/c1-3-26-19(24)22-11-8-16(9-12-22)21-18(23)14-20-10-7-15-5-4-6-17(13-15)25-2/h4-6,13,16,20H,3,7-12,14H2,1-2H3,(H,21,23). The average molecular weight is 363 g/mol. The predicted molar refractivity (Wildman–Crippen MR) is 99.3 cm³/mol. The molecule has 0 saturated carbocycles. The largest absolute Gasteiger partial charge is 0.497 e. The Morgan fingerprint density at radius 3 is 2.73 bits per heavy atom. The van der Waals surface area contributed by atoms with Crippen molar-refractivity contribution in [3.63, 3.8) is 0 Å².